The minimum atomic E-state index is -0.0881. The molecule has 0 aliphatic rings. The van der Waals surface area contributed by atoms with E-state index in [1.165, 1.54) is 0 Å². The van der Waals surface area contributed by atoms with Gasteiger partial charge in [0.1, 0.15) is 0 Å². The Morgan fingerprint density at radius 1 is 1.40 bits per heavy atom. The summed E-state index contributed by atoms with van der Waals surface area (Å²) in [4.78, 5) is 18.3. The van der Waals surface area contributed by atoms with Gasteiger partial charge in [-0.05, 0) is 26.0 Å². The van der Waals surface area contributed by atoms with E-state index >= 15 is 0 Å². The van der Waals surface area contributed by atoms with Gasteiger partial charge in [0.05, 0.1) is 5.69 Å². The molecule has 0 unspecified atom stereocenters. The molecule has 1 aromatic rings. The number of aromatic amines is 1. The zero-order chi connectivity index (χ0) is 11.3. The Labute approximate surface area is 88.9 Å². The summed E-state index contributed by atoms with van der Waals surface area (Å²) in [6.45, 7) is 7.13. The first-order chi connectivity index (χ1) is 7.15. The molecule has 0 amide bonds. The van der Waals surface area contributed by atoms with Crippen molar-refractivity contribution in [3.05, 3.63) is 52.5 Å². The third-order valence-electron chi connectivity index (χ3n) is 1.94. The fourth-order valence-electron chi connectivity index (χ4n) is 1.12. The van der Waals surface area contributed by atoms with Gasteiger partial charge in [0, 0.05) is 17.5 Å². The molecule has 78 valence electrons. The summed E-state index contributed by atoms with van der Waals surface area (Å²) >= 11 is 0. The van der Waals surface area contributed by atoms with Crippen molar-refractivity contribution in [2.24, 2.45) is 4.99 Å². The Bertz CT molecular complexity index is 467. The Balaban J connectivity index is 3.04. The zero-order valence-corrected chi connectivity index (χ0v) is 8.95. The lowest BCUT2D eigenvalue weighted by Gasteiger charge is -1.99. The van der Waals surface area contributed by atoms with E-state index < -0.39 is 0 Å². The van der Waals surface area contributed by atoms with E-state index in [2.05, 4.69) is 16.6 Å². The number of hydrogen-bond acceptors (Lipinski definition) is 2. The van der Waals surface area contributed by atoms with Gasteiger partial charge in [0.15, 0.2) is 0 Å². The van der Waals surface area contributed by atoms with E-state index in [9.17, 15) is 4.79 Å². The van der Waals surface area contributed by atoms with E-state index in [-0.39, 0.29) is 5.56 Å². The van der Waals surface area contributed by atoms with Crippen LogP contribution in [0.2, 0.25) is 0 Å². The lowest BCUT2D eigenvalue weighted by molar-refractivity contribution is 1.10. The van der Waals surface area contributed by atoms with Crippen LogP contribution in [0.25, 0.3) is 0 Å². The van der Waals surface area contributed by atoms with Crippen LogP contribution in [0, 0.1) is 13.8 Å². The molecule has 1 rings (SSSR count). The van der Waals surface area contributed by atoms with E-state index in [1.807, 2.05) is 13.0 Å². The summed E-state index contributed by atoms with van der Waals surface area (Å²) < 4.78 is 0. The lowest BCUT2D eigenvalue weighted by Crippen LogP contribution is -2.10. The third-order valence-corrected chi connectivity index (χ3v) is 1.94. The second-order valence-corrected chi connectivity index (χ2v) is 3.19. The van der Waals surface area contributed by atoms with Crippen LogP contribution in [0.15, 0.2) is 40.7 Å². The van der Waals surface area contributed by atoms with Gasteiger partial charge in [-0.2, -0.15) is 0 Å². The fourth-order valence-corrected chi connectivity index (χ4v) is 1.12. The van der Waals surface area contributed by atoms with Gasteiger partial charge in [-0.3, -0.25) is 9.79 Å². The number of allylic oxidation sites excluding steroid dienone is 3. The minimum absolute atomic E-state index is 0.0881. The quantitative estimate of drug-likeness (QED) is 0.593. The predicted molar refractivity (Wildman–Crippen MR) is 64.0 cm³/mol. The van der Waals surface area contributed by atoms with Crippen molar-refractivity contribution < 1.29 is 0 Å². The maximum absolute atomic E-state index is 11.4. The van der Waals surface area contributed by atoms with Crippen LogP contribution >= 0.6 is 0 Å². The molecule has 3 nitrogen and oxygen atoms in total. The molecule has 0 saturated carbocycles. The maximum Gasteiger partial charge on any atom is 0.253 e. The van der Waals surface area contributed by atoms with Gasteiger partial charge >= 0.3 is 0 Å². The average Bonchev–Trinajstić information content (AvgIpc) is 2.19. The standard InChI is InChI=1S/C12H14N2O/c1-4-5-6-7-13-11-8-9(2)14-12(15)10(11)3/h4-8H,1H2,2-3H3,(H,14,15)/b6-5+,13-7?. The summed E-state index contributed by atoms with van der Waals surface area (Å²) in [7, 11) is 0. The Kier molecular flexibility index (Phi) is 3.80. The Hall–Kier alpha value is -1.90. The molecule has 0 spiro atoms. The van der Waals surface area contributed by atoms with E-state index in [0.29, 0.717) is 11.3 Å². The molecular formula is C12H14N2O. The second-order valence-electron chi connectivity index (χ2n) is 3.19. The topological polar surface area (TPSA) is 45.2 Å². The Morgan fingerprint density at radius 2 is 2.13 bits per heavy atom. The van der Waals surface area contributed by atoms with Crippen LogP contribution in [-0.2, 0) is 0 Å². The first-order valence-corrected chi connectivity index (χ1v) is 4.67. The molecule has 1 aromatic heterocycles. The number of hydrogen-bond donors (Lipinski definition) is 1. The van der Waals surface area contributed by atoms with Crippen LogP contribution in [0.1, 0.15) is 11.3 Å². The molecule has 0 aliphatic carbocycles. The number of aliphatic imine (C=N–C) groups is 1. The molecule has 0 bridgehead atoms. The largest absolute Gasteiger partial charge is 0.326 e. The molecule has 0 aliphatic heterocycles. The smallest absolute Gasteiger partial charge is 0.253 e. The Morgan fingerprint density at radius 3 is 2.80 bits per heavy atom. The third kappa shape index (κ3) is 3.06. The molecule has 0 aromatic carbocycles. The van der Waals surface area contributed by atoms with E-state index in [0.717, 1.165) is 5.69 Å². The highest BCUT2D eigenvalue weighted by Gasteiger charge is 2.00. The zero-order valence-electron chi connectivity index (χ0n) is 8.95. The van der Waals surface area contributed by atoms with Gasteiger partial charge in [-0.25, -0.2) is 0 Å². The van der Waals surface area contributed by atoms with Crippen molar-refractivity contribution >= 4 is 11.9 Å². The van der Waals surface area contributed by atoms with E-state index in [1.54, 1.807) is 31.4 Å². The van der Waals surface area contributed by atoms with E-state index in [4.69, 9.17) is 0 Å². The number of H-pyrrole nitrogens is 1. The van der Waals surface area contributed by atoms with Crippen LogP contribution < -0.4 is 5.56 Å². The second kappa shape index (κ2) is 5.10. The highest BCUT2D eigenvalue weighted by atomic mass is 16.1. The molecule has 0 fully saturated rings. The molecule has 0 radical (unpaired) electrons. The molecule has 1 N–H and O–H groups in total. The van der Waals surface area contributed by atoms with Gasteiger partial charge in [-0.1, -0.05) is 18.7 Å². The number of aryl methyl sites for hydroxylation is 1. The normalized spacial score (nSPS) is 11.3. The molecule has 15 heavy (non-hydrogen) atoms. The summed E-state index contributed by atoms with van der Waals surface area (Å²) in [6.07, 6.45) is 6.85. The monoisotopic (exact) mass is 202 g/mol. The number of rotatable bonds is 3. The number of nitrogens with zero attached hydrogens (tertiary/aromatic N) is 1. The average molecular weight is 202 g/mol. The summed E-state index contributed by atoms with van der Waals surface area (Å²) in [6, 6.07) is 1.84. The van der Waals surface area contributed by atoms with Crippen LogP contribution in [0.5, 0.6) is 0 Å². The molecule has 0 atom stereocenters. The van der Waals surface area contributed by atoms with Crippen molar-refractivity contribution in [2.75, 3.05) is 0 Å². The van der Waals surface area contributed by atoms with Gasteiger partial charge in [0.25, 0.3) is 5.56 Å². The number of nitrogens with one attached hydrogen (secondary N) is 1. The number of pyridine rings is 1. The first kappa shape index (κ1) is 11.2. The van der Waals surface area contributed by atoms with Crippen molar-refractivity contribution in [1.29, 1.82) is 0 Å². The van der Waals surface area contributed by atoms with Gasteiger partial charge < -0.3 is 4.98 Å². The first-order valence-electron chi connectivity index (χ1n) is 4.67. The molecule has 3 heteroatoms. The van der Waals surface area contributed by atoms with Gasteiger partial charge in [0.2, 0.25) is 0 Å². The van der Waals surface area contributed by atoms with Gasteiger partial charge in [-0.15, -0.1) is 0 Å². The number of aromatic nitrogens is 1. The fraction of sp³-hybridized carbons (Fsp3) is 0.167. The van der Waals surface area contributed by atoms with Crippen LogP contribution in [-0.4, -0.2) is 11.2 Å². The molecular weight excluding hydrogens is 188 g/mol. The van der Waals surface area contributed by atoms with Crippen LogP contribution in [0.4, 0.5) is 5.69 Å². The minimum Gasteiger partial charge on any atom is -0.326 e. The van der Waals surface area contributed by atoms with Crippen molar-refractivity contribution in [3.8, 4) is 0 Å². The highest BCUT2D eigenvalue weighted by Crippen LogP contribution is 2.14. The molecule has 0 saturated heterocycles. The summed E-state index contributed by atoms with van der Waals surface area (Å²) in [5, 5.41) is 0. The van der Waals surface area contributed by atoms with Crippen molar-refractivity contribution in [2.45, 2.75) is 13.8 Å². The highest BCUT2D eigenvalue weighted by molar-refractivity contribution is 5.75. The summed E-state index contributed by atoms with van der Waals surface area (Å²) in [5.74, 6) is 0. The van der Waals surface area contributed by atoms with Crippen molar-refractivity contribution in [1.82, 2.24) is 4.98 Å². The predicted octanol–water partition coefficient (Wildman–Crippen LogP) is 2.44. The summed E-state index contributed by atoms with van der Waals surface area (Å²) in [5.41, 5.74) is 2.05. The molecule has 1 heterocycles. The van der Waals surface area contributed by atoms with Crippen molar-refractivity contribution in [3.63, 3.8) is 0 Å². The SMILES string of the molecule is C=C/C=C/C=Nc1cc(C)[nH]c(=O)c1C. The maximum atomic E-state index is 11.4. The lowest BCUT2D eigenvalue weighted by atomic mass is 10.2. The van der Waals surface area contributed by atoms with Crippen LogP contribution in [0.3, 0.4) is 0 Å².